The van der Waals surface area contributed by atoms with Crippen molar-refractivity contribution in [2.24, 2.45) is 0 Å². The Hall–Kier alpha value is -2.94. The topological polar surface area (TPSA) is 67.7 Å². The molecule has 0 unspecified atom stereocenters. The number of anilines is 1. The van der Waals surface area contributed by atoms with Gasteiger partial charge in [-0.15, -0.1) is 0 Å². The maximum absolute atomic E-state index is 6.08. The zero-order valence-corrected chi connectivity index (χ0v) is 18.2. The molecule has 3 aliphatic heterocycles. The van der Waals surface area contributed by atoms with Gasteiger partial charge < -0.3 is 19.7 Å². The van der Waals surface area contributed by atoms with Crippen molar-refractivity contribution in [2.75, 3.05) is 57.4 Å². The average Bonchev–Trinajstić information content (AvgIpc) is 3.28. The molecule has 0 amide bonds. The SMILES string of the molecule is c1cc(N2CCNCC2)ncc1-c1ccc2c(c1)OCc1nc(CN3CCOCC3)cn1-2. The summed E-state index contributed by atoms with van der Waals surface area (Å²) in [6.45, 7) is 8.87. The van der Waals surface area contributed by atoms with Gasteiger partial charge in [-0.1, -0.05) is 6.07 Å². The fourth-order valence-electron chi connectivity index (χ4n) is 4.64. The Morgan fingerprint density at radius 2 is 1.81 bits per heavy atom. The molecule has 6 rings (SSSR count). The molecule has 166 valence electrons. The largest absolute Gasteiger partial charge is 0.483 e. The van der Waals surface area contributed by atoms with Crippen molar-refractivity contribution < 1.29 is 9.47 Å². The maximum atomic E-state index is 6.08. The van der Waals surface area contributed by atoms with Gasteiger partial charge in [0.15, 0.2) is 5.82 Å². The number of ether oxygens (including phenoxy) is 2. The summed E-state index contributed by atoms with van der Waals surface area (Å²) in [6.07, 6.45) is 4.11. The molecule has 8 heteroatoms. The van der Waals surface area contributed by atoms with Gasteiger partial charge in [-0.3, -0.25) is 9.47 Å². The molecule has 0 atom stereocenters. The molecule has 32 heavy (non-hydrogen) atoms. The third kappa shape index (κ3) is 3.85. The van der Waals surface area contributed by atoms with E-state index in [1.165, 1.54) is 0 Å². The quantitative estimate of drug-likeness (QED) is 0.677. The Kier molecular flexibility index (Phi) is 5.26. The number of rotatable bonds is 4. The molecule has 3 aromatic rings. The summed E-state index contributed by atoms with van der Waals surface area (Å²) in [5.74, 6) is 2.88. The van der Waals surface area contributed by atoms with Crippen LogP contribution in [0.15, 0.2) is 42.7 Å². The maximum Gasteiger partial charge on any atom is 0.151 e. The lowest BCUT2D eigenvalue weighted by molar-refractivity contribution is 0.0337. The highest BCUT2D eigenvalue weighted by molar-refractivity contribution is 5.69. The Balaban J connectivity index is 1.22. The molecular weight excluding hydrogens is 404 g/mol. The van der Waals surface area contributed by atoms with Crippen LogP contribution in [0.25, 0.3) is 16.8 Å². The Morgan fingerprint density at radius 1 is 0.969 bits per heavy atom. The van der Waals surface area contributed by atoms with E-state index in [4.69, 9.17) is 19.4 Å². The predicted octanol–water partition coefficient (Wildman–Crippen LogP) is 2.07. The van der Waals surface area contributed by atoms with Crippen LogP contribution in [0.2, 0.25) is 0 Å². The van der Waals surface area contributed by atoms with Gasteiger partial charge in [-0.2, -0.15) is 0 Å². The van der Waals surface area contributed by atoms with Crippen LogP contribution >= 0.6 is 0 Å². The van der Waals surface area contributed by atoms with Gasteiger partial charge >= 0.3 is 0 Å². The number of imidazole rings is 1. The van der Waals surface area contributed by atoms with Crippen molar-refractivity contribution in [3.8, 4) is 22.6 Å². The van der Waals surface area contributed by atoms with Gasteiger partial charge in [0.2, 0.25) is 0 Å². The Bertz CT molecular complexity index is 1080. The number of piperazine rings is 1. The standard InChI is InChI=1S/C24H28N6O2/c1-3-21-22(13-18(1)19-2-4-23(26-14-19)29-7-5-25-6-8-29)32-17-24-27-20(16-30(21)24)15-28-9-11-31-12-10-28/h1-4,13-14,16,25H,5-12,15,17H2. The highest BCUT2D eigenvalue weighted by atomic mass is 16.5. The number of morpholine rings is 1. The van der Waals surface area contributed by atoms with Crippen molar-refractivity contribution >= 4 is 5.82 Å². The van der Waals surface area contributed by atoms with E-state index in [0.29, 0.717) is 6.61 Å². The second-order valence-corrected chi connectivity index (χ2v) is 8.52. The fraction of sp³-hybridized carbons (Fsp3) is 0.417. The van der Waals surface area contributed by atoms with E-state index in [1.807, 2.05) is 6.20 Å². The lowest BCUT2D eigenvalue weighted by Gasteiger charge is -2.28. The summed E-state index contributed by atoms with van der Waals surface area (Å²) in [7, 11) is 0. The lowest BCUT2D eigenvalue weighted by atomic mass is 10.1. The molecule has 1 aromatic carbocycles. The number of nitrogens with zero attached hydrogens (tertiary/aromatic N) is 5. The van der Waals surface area contributed by atoms with Crippen LogP contribution in [0.4, 0.5) is 5.82 Å². The fourth-order valence-corrected chi connectivity index (χ4v) is 4.64. The molecule has 0 saturated carbocycles. The average molecular weight is 433 g/mol. The molecule has 0 radical (unpaired) electrons. The van der Waals surface area contributed by atoms with E-state index in [1.54, 1.807) is 0 Å². The number of benzene rings is 1. The minimum Gasteiger partial charge on any atom is -0.483 e. The monoisotopic (exact) mass is 432 g/mol. The van der Waals surface area contributed by atoms with Gasteiger partial charge in [0.25, 0.3) is 0 Å². The summed E-state index contributed by atoms with van der Waals surface area (Å²) in [4.78, 5) is 14.2. The number of aromatic nitrogens is 3. The predicted molar refractivity (Wildman–Crippen MR) is 122 cm³/mol. The van der Waals surface area contributed by atoms with Crippen LogP contribution < -0.4 is 15.0 Å². The molecule has 8 nitrogen and oxygen atoms in total. The summed E-state index contributed by atoms with van der Waals surface area (Å²) in [6, 6.07) is 10.6. The van der Waals surface area contributed by atoms with Gasteiger partial charge in [-0.05, 0) is 29.8 Å². The van der Waals surface area contributed by atoms with Crippen LogP contribution in [0, 0.1) is 0 Å². The molecule has 0 aliphatic carbocycles. The number of hydrogen-bond acceptors (Lipinski definition) is 7. The van der Waals surface area contributed by atoms with Crippen LogP contribution in [-0.4, -0.2) is 71.9 Å². The van der Waals surface area contributed by atoms with Gasteiger partial charge in [0, 0.05) is 63.8 Å². The van der Waals surface area contributed by atoms with E-state index in [0.717, 1.165) is 98.9 Å². The molecule has 5 heterocycles. The number of fused-ring (bicyclic) bond motifs is 3. The van der Waals surface area contributed by atoms with Crippen LogP contribution in [-0.2, 0) is 17.9 Å². The number of hydrogen-bond donors (Lipinski definition) is 1. The molecule has 2 fully saturated rings. The Labute approximate surface area is 187 Å². The summed E-state index contributed by atoms with van der Waals surface area (Å²) < 4.78 is 13.7. The molecule has 3 aliphatic rings. The lowest BCUT2D eigenvalue weighted by Crippen LogP contribution is -2.43. The Morgan fingerprint density at radius 3 is 2.62 bits per heavy atom. The summed E-state index contributed by atoms with van der Waals surface area (Å²) in [5, 5.41) is 3.38. The smallest absolute Gasteiger partial charge is 0.151 e. The zero-order chi connectivity index (χ0) is 21.3. The third-order valence-electron chi connectivity index (χ3n) is 6.42. The van der Waals surface area contributed by atoms with Crippen molar-refractivity contribution in [3.63, 3.8) is 0 Å². The van der Waals surface area contributed by atoms with Crippen molar-refractivity contribution in [1.82, 2.24) is 24.8 Å². The molecule has 1 N–H and O–H groups in total. The van der Waals surface area contributed by atoms with E-state index < -0.39 is 0 Å². The molecule has 2 aromatic heterocycles. The highest BCUT2D eigenvalue weighted by Crippen LogP contribution is 2.34. The highest BCUT2D eigenvalue weighted by Gasteiger charge is 2.21. The van der Waals surface area contributed by atoms with E-state index >= 15 is 0 Å². The first-order valence-electron chi connectivity index (χ1n) is 11.4. The molecule has 0 bridgehead atoms. The molecule has 0 spiro atoms. The van der Waals surface area contributed by atoms with E-state index in [-0.39, 0.29) is 0 Å². The minimum absolute atomic E-state index is 0.486. The van der Waals surface area contributed by atoms with Crippen molar-refractivity contribution in [3.05, 3.63) is 54.2 Å². The van der Waals surface area contributed by atoms with Gasteiger partial charge in [0.1, 0.15) is 18.2 Å². The third-order valence-corrected chi connectivity index (χ3v) is 6.42. The molecular formula is C24H28N6O2. The van der Waals surface area contributed by atoms with E-state index in [2.05, 4.69) is 56.2 Å². The van der Waals surface area contributed by atoms with Crippen LogP contribution in [0.5, 0.6) is 5.75 Å². The second kappa shape index (κ2) is 8.54. The van der Waals surface area contributed by atoms with Crippen molar-refractivity contribution in [1.29, 1.82) is 0 Å². The van der Waals surface area contributed by atoms with Gasteiger partial charge in [0.05, 0.1) is 24.6 Å². The summed E-state index contributed by atoms with van der Waals surface area (Å²) in [5.41, 5.74) is 4.33. The van der Waals surface area contributed by atoms with Gasteiger partial charge in [-0.25, -0.2) is 9.97 Å². The first-order chi connectivity index (χ1) is 15.8. The zero-order valence-electron chi connectivity index (χ0n) is 18.2. The number of nitrogens with one attached hydrogen (secondary N) is 1. The second-order valence-electron chi connectivity index (χ2n) is 8.52. The molecule has 2 saturated heterocycles. The minimum atomic E-state index is 0.486. The van der Waals surface area contributed by atoms with E-state index in [9.17, 15) is 0 Å². The van der Waals surface area contributed by atoms with Crippen LogP contribution in [0.3, 0.4) is 0 Å². The summed E-state index contributed by atoms with van der Waals surface area (Å²) >= 11 is 0. The first-order valence-corrected chi connectivity index (χ1v) is 11.4. The van der Waals surface area contributed by atoms with Crippen molar-refractivity contribution in [2.45, 2.75) is 13.2 Å². The first kappa shape index (κ1) is 19.7. The normalized spacial score (nSPS) is 18.7. The van der Waals surface area contributed by atoms with Crippen LogP contribution in [0.1, 0.15) is 11.5 Å². The number of pyridine rings is 1.